The number of nitrogens with zero attached hydrogens (tertiary/aromatic N) is 1. The monoisotopic (exact) mass is 274 g/mol. The normalized spacial score (nSPS) is 10.7. The summed E-state index contributed by atoms with van der Waals surface area (Å²) in [5, 5.41) is 0. The van der Waals surface area contributed by atoms with Gasteiger partial charge in [0, 0.05) is 35.6 Å². The first-order valence-electron chi connectivity index (χ1n) is 6.72. The lowest BCUT2D eigenvalue weighted by Crippen LogP contribution is -2.16. The molecule has 0 aliphatic heterocycles. The van der Waals surface area contributed by atoms with E-state index in [1.807, 2.05) is 0 Å². The van der Waals surface area contributed by atoms with Crippen LogP contribution >= 0.6 is 11.3 Å². The molecule has 0 atom stereocenters. The van der Waals surface area contributed by atoms with Gasteiger partial charge in [0.2, 0.25) is 0 Å². The van der Waals surface area contributed by atoms with Gasteiger partial charge in [0.05, 0.1) is 0 Å². The Morgan fingerprint density at radius 3 is 2.42 bits per heavy atom. The molecular formula is C16H22N2S. The van der Waals surface area contributed by atoms with Crippen molar-refractivity contribution >= 4 is 17.0 Å². The number of nitrogens with two attached hydrogens (primary N) is 1. The molecule has 0 unspecified atom stereocenters. The maximum Gasteiger partial charge on any atom is 0.0437 e. The lowest BCUT2D eigenvalue weighted by atomic mass is 10.1. The lowest BCUT2D eigenvalue weighted by molar-refractivity contribution is 0.918. The van der Waals surface area contributed by atoms with Crippen molar-refractivity contribution in [2.24, 2.45) is 5.73 Å². The topological polar surface area (TPSA) is 29.3 Å². The maximum atomic E-state index is 5.70. The SMILES string of the molecule is CCc1ccc(N(C)Cc2cc(CN)sc2C)cc1. The van der Waals surface area contributed by atoms with Crippen LogP contribution in [0.25, 0.3) is 0 Å². The molecule has 1 aromatic heterocycles. The van der Waals surface area contributed by atoms with Gasteiger partial charge in [0.1, 0.15) is 0 Å². The number of benzene rings is 1. The molecule has 2 N–H and O–H groups in total. The van der Waals surface area contributed by atoms with Crippen molar-refractivity contribution < 1.29 is 0 Å². The van der Waals surface area contributed by atoms with Crippen molar-refractivity contribution in [3.05, 3.63) is 51.2 Å². The van der Waals surface area contributed by atoms with Crippen molar-refractivity contribution in [3.63, 3.8) is 0 Å². The van der Waals surface area contributed by atoms with E-state index in [9.17, 15) is 0 Å². The molecule has 3 heteroatoms. The third-order valence-electron chi connectivity index (χ3n) is 3.47. The Morgan fingerprint density at radius 2 is 1.89 bits per heavy atom. The van der Waals surface area contributed by atoms with Crippen molar-refractivity contribution in [1.82, 2.24) is 0 Å². The van der Waals surface area contributed by atoms with Gasteiger partial charge in [0.15, 0.2) is 0 Å². The highest BCUT2D eigenvalue weighted by Crippen LogP contribution is 2.24. The Balaban J connectivity index is 2.10. The number of anilines is 1. The number of thiophene rings is 1. The van der Waals surface area contributed by atoms with Crippen molar-refractivity contribution in [3.8, 4) is 0 Å². The van der Waals surface area contributed by atoms with Gasteiger partial charge < -0.3 is 10.6 Å². The predicted octanol–water partition coefficient (Wildman–Crippen LogP) is 3.71. The van der Waals surface area contributed by atoms with E-state index in [0.717, 1.165) is 13.0 Å². The zero-order valence-corrected chi connectivity index (χ0v) is 12.8. The number of hydrogen-bond acceptors (Lipinski definition) is 3. The van der Waals surface area contributed by atoms with Crippen molar-refractivity contribution in [2.75, 3.05) is 11.9 Å². The lowest BCUT2D eigenvalue weighted by Gasteiger charge is -2.19. The van der Waals surface area contributed by atoms with Crippen LogP contribution in [0.3, 0.4) is 0 Å². The first-order chi connectivity index (χ1) is 9.13. The fourth-order valence-electron chi connectivity index (χ4n) is 2.18. The van der Waals surface area contributed by atoms with Gasteiger partial charge in [-0.3, -0.25) is 0 Å². The average molecular weight is 274 g/mol. The van der Waals surface area contributed by atoms with Crippen LogP contribution in [0.5, 0.6) is 0 Å². The minimum atomic E-state index is 0.639. The first kappa shape index (κ1) is 14.1. The van der Waals surface area contributed by atoms with E-state index in [-0.39, 0.29) is 0 Å². The van der Waals surface area contributed by atoms with E-state index in [2.05, 4.69) is 56.1 Å². The molecule has 0 saturated heterocycles. The molecule has 1 heterocycles. The summed E-state index contributed by atoms with van der Waals surface area (Å²) in [5.41, 5.74) is 9.73. The second-order valence-corrected chi connectivity index (χ2v) is 6.22. The van der Waals surface area contributed by atoms with Crippen LogP contribution in [0.2, 0.25) is 0 Å². The van der Waals surface area contributed by atoms with Gasteiger partial charge in [0.25, 0.3) is 0 Å². The maximum absolute atomic E-state index is 5.70. The molecule has 0 fully saturated rings. The Labute approximate surface area is 119 Å². The summed E-state index contributed by atoms with van der Waals surface area (Å²) in [6, 6.07) is 11.0. The first-order valence-corrected chi connectivity index (χ1v) is 7.54. The molecule has 19 heavy (non-hydrogen) atoms. The summed E-state index contributed by atoms with van der Waals surface area (Å²) in [6.07, 6.45) is 1.09. The fourth-order valence-corrected chi connectivity index (χ4v) is 3.11. The van der Waals surface area contributed by atoms with E-state index in [4.69, 9.17) is 5.73 Å². The van der Waals surface area contributed by atoms with E-state index >= 15 is 0 Å². The van der Waals surface area contributed by atoms with Crippen LogP contribution in [0.4, 0.5) is 5.69 Å². The van der Waals surface area contributed by atoms with E-state index in [0.29, 0.717) is 6.54 Å². The largest absolute Gasteiger partial charge is 0.370 e. The molecule has 0 radical (unpaired) electrons. The second-order valence-electron chi connectivity index (χ2n) is 4.87. The van der Waals surface area contributed by atoms with E-state index in [1.165, 1.54) is 26.6 Å². The van der Waals surface area contributed by atoms with Gasteiger partial charge in [-0.1, -0.05) is 19.1 Å². The van der Waals surface area contributed by atoms with Gasteiger partial charge in [-0.05, 0) is 42.7 Å². The summed E-state index contributed by atoms with van der Waals surface area (Å²) in [5.74, 6) is 0. The van der Waals surface area contributed by atoms with E-state index in [1.54, 1.807) is 11.3 Å². The minimum Gasteiger partial charge on any atom is -0.370 e. The van der Waals surface area contributed by atoms with Crippen LogP contribution in [-0.4, -0.2) is 7.05 Å². The Bertz CT molecular complexity index is 528. The highest BCUT2D eigenvalue weighted by molar-refractivity contribution is 7.12. The minimum absolute atomic E-state index is 0.639. The van der Waals surface area contributed by atoms with E-state index < -0.39 is 0 Å². The van der Waals surface area contributed by atoms with Crippen LogP contribution in [0.15, 0.2) is 30.3 Å². The second kappa shape index (κ2) is 6.22. The van der Waals surface area contributed by atoms with Gasteiger partial charge in [-0.25, -0.2) is 0 Å². The summed E-state index contributed by atoms with van der Waals surface area (Å²) in [7, 11) is 2.14. The highest BCUT2D eigenvalue weighted by Gasteiger charge is 2.08. The van der Waals surface area contributed by atoms with Crippen molar-refractivity contribution in [1.29, 1.82) is 0 Å². The number of aryl methyl sites for hydroxylation is 2. The van der Waals surface area contributed by atoms with Gasteiger partial charge in [-0.15, -0.1) is 11.3 Å². The molecule has 0 saturated carbocycles. The summed E-state index contributed by atoms with van der Waals surface area (Å²) in [6.45, 7) is 5.93. The molecule has 2 rings (SSSR count). The zero-order valence-electron chi connectivity index (χ0n) is 11.9. The summed E-state index contributed by atoms with van der Waals surface area (Å²) in [4.78, 5) is 4.93. The summed E-state index contributed by atoms with van der Waals surface area (Å²) >= 11 is 1.81. The molecule has 2 nitrogen and oxygen atoms in total. The molecule has 102 valence electrons. The molecule has 1 aromatic carbocycles. The van der Waals surface area contributed by atoms with Gasteiger partial charge >= 0.3 is 0 Å². The molecule has 0 amide bonds. The smallest absolute Gasteiger partial charge is 0.0437 e. The molecule has 0 spiro atoms. The van der Waals surface area contributed by atoms with Crippen molar-refractivity contribution in [2.45, 2.75) is 33.4 Å². The third kappa shape index (κ3) is 3.37. The molecule has 0 bridgehead atoms. The van der Waals surface area contributed by atoms with Crippen LogP contribution in [0.1, 0.15) is 27.8 Å². The quantitative estimate of drug-likeness (QED) is 0.900. The van der Waals surface area contributed by atoms with Crippen LogP contribution in [0, 0.1) is 6.92 Å². The predicted molar refractivity (Wildman–Crippen MR) is 84.9 cm³/mol. The molecule has 0 aliphatic carbocycles. The average Bonchev–Trinajstić information content (AvgIpc) is 2.79. The zero-order chi connectivity index (χ0) is 13.8. The number of rotatable bonds is 5. The summed E-state index contributed by atoms with van der Waals surface area (Å²) < 4.78 is 0. The standard InChI is InChI=1S/C16H22N2S/c1-4-13-5-7-15(8-6-13)18(3)11-14-9-16(10-17)19-12(14)2/h5-9H,4,10-11,17H2,1-3H3. The Kier molecular flexibility index (Phi) is 4.61. The Morgan fingerprint density at radius 1 is 1.21 bits per heavy atom. The molecule has 2 aromatic rings. The highest BCUT2D eigenvalue weighted by atomic mass is 32.1. The third-order valence-corrected chi connectivity index (χ3v) is 4.58. The van der Waals surface area contributed by atoms with Crippen LogP contribution in [-0.2, 0) is 19.5 Å². The Hall–Kier alpha value is -1.32. The molecular weight excluding hydrogens is 252 g/mol. The number of hydrogen-bond donors (Lipinski definition) is 1. The van der Waals surface area contributed by atoms with Gasteiger partial charge in [-0.2, -0.15) is 0 Å². The van der Waals surface area contributed by atoms with Crippen LogP contribution < -0.4 is 10.6 Å². The molecule has 0 aliphatic rings. The fraction of sp³-hybridized carbons (Fsp3) is 0.375.